The zero-order valence-corrected chi connectivity index (χ0v) is 10.8. The van der Waals surface area contributed by atoms with Crippen LogP contribution in [-0.4, -0.2) is 15.9 Å². The molecule has 1 heterocycles. The summed E-state index contributed by atoms with van der Waals surface area (Å²) in [6.45, 7) is 3.85. The molecule has 5 heteroatoms. The Labute approximate surface area is 110 Å². The maximum Gasteiger partial charge on any atom is 0.274 e. The lowest BCUT2D eigenvalue weighted by Crippen LogP contribution is -2.14. The Morgan fingerprint density at radius 2 is 2.11 bits per heavy atom. The van der Waals surface area contributed by atoms with Gasteiger partial charge in [0.1, 0.15) is 12.0 Å². The molecule has 0 aliphatic heterocycles. The summed E-state index contributed by atoms with van der Waals surface area (Å²) in [6, 6.07) is 5.32. The van der Waals surface area contributed by atoms with Crippen molar-refractivity contribution >= 4 is 23.2 Å². The Balaban J connectivity index is 2.28. The molecule has 0 unspecified atom stereocenters. The van der Waals surface area contributed by atoms with Crippen LogP contribution < -0.4 is 5.32 Å². The summed E-state index contributed by atoms with van der Waals surface area (Å²) in [5, 5.41) is 3.28. The van der Waals surface area contributed by atoms with Gasteiger partial charge in [0, 0.05) is 6.20 Å². The molecule has 0 fully saturated rings. The molecular weight excluding hydrogens is 250 g/mol. The molecule has 0 bridgehead atoms. The Morgan fingerprint density at radius 3 is 2.72 bits per heavy atom. The number of benzene rings is 1. The topological polar surface area (TPSA) is 54.9 Å². The molecule has 18 heavy (non-hydrogen) atoms. The fourth-order valence-electron chi connectivity index (χ4n) is 1.68. The van der Waals surface area contributed by atoms with E-state index in [2.05, 4.69) is 15.3 Å². The molecule has 0 spiro atoms. The molecular formula is C13H12ClN3O. The average molecular weight is 262 g/mol. The summed E-state index contributed by atoms with van der Waals surface area (Å²) in [6.07, 6.45) is 2.85. The van der Waals surface area contributed by atoms with E-state index in [-0.39, 0.29) is 5.91 Å². The molecule has 2 aromatic rings. The summed E-state index contributed by atoms with van der Waals surface area (Å²) in [7, 11) is 0. The first-order valence-electron chi connectivity index (χ1n) is 5.42. The van der Waals surface area contributed by atoms with Crippen molar-refractivity contribution in [3.05, 3.63) is 52.6 Å². The third-order valence-electron chi connectivity index (χ3n) is 2.48. The van der Waals surface area contributed by atoms with Gasteiger partial charge in [-0.25, -0.2) is 9.97 Å². The van der Waals surface area contributed by atoms with Crippen molar-refractivity contribution in [2.75, 3.05) is 5.32 Å². The number of rotatable bonds is 2. The predicted octanol–water partition coefficient (Wildman–Crippen LogP) is 3.00. The highest BCUT2D eigenvalue weighted by Crippen LogP contribution is 2.27. The normalized spacial score (nSPS) is 10.2. The molecule has 1 aromatic heterocycles. The lowest BCUT2D eigenvalue weighted by atomic mass is 10.1. The zero-order chi connectivity index (χ0) is 13.1. The van der Waals surface area contributed by atoms with E-state index in [1.54, 1.807) is 6.07 Å². The number of amides is 1. The summed E-state index contributed by atoms with van der Waals surface area (Å²) < 4.78 is 0. The summed E-state index contributed by atoms with van der Waals surface area (Å²) in [5.41, 5.74) is 2.90. The number of nitrogens with one attached hydrogen (secondary N) is 1. The van der Waals surface area contributed by atoms with Crippen LogP contribution in [0.5, 0.6) is 0 Å². The van der Waals surface area contributed by atoms with Gasteiger partial charge in [0.05, 0.1) is 10.7 Å². The van der Waals surface area contributed by atoms with Crippen LogP contribution in [0.4, 0.5) is 5.69 Å². The maximum absolute atomic E-state index is 11.9. The molecule has 1 amide bonds. The Morgan fingerprint density at radius 1 is 1.33 bits per heavy atom. The Bertz CT molecular complexity index is 561. The first kappa shape index (κ1) is 12.5. The van der Waals surface area contributed by atoms with Crippen molar-refractivity contribution in [3.63, 3.8) is 0 Å². The van der Waals surface area contributed by atoms with E-state index in [0.29, 0.717) is 16.4 Å². The lowest BCUT2D eigenvalue weighted by Gasteiger charge is -2.11. The van der Waals surface area contributed by atoms with Gasteiger partial charge in [-0.3, -0.25) is 4.79 Å². The highest BCUT2D eigenvalue weighted by Gasteiger charge is 2.11. The van der Waals surface area contributed by atoms with E-state index in [1.165, 1.54) is 12.5 Å². The first-order chi connectivity index (χ1) is 8.58. The van der Waals surface area contributed by atoms with Gasteiger partial charge < -0.3 is 5.32 Å². The largest absolute Gasteiger partial charge is 0.319 e. The second kappa shape index (κ2) is 5.14. The van der Waals surface area contributed by atoms with E-state index in [9.17, 15) is 4.79 Å². The van der Waals surface area contributed by atoms with Gasteiger partial charge in [-0.05, 0) is 37.1 Å². The number of aromatic nitrogens is 2. The van der Waals surface area contributed by atoms with Gasteiger partial charge in [-0.1, -0.05) is 17.7 Å². The standard InChI is InChI=1S/C13H12ClN3O/c1-8-5-9(2)12(10(14)6-8)17-13(18)11-3-4-15-7-16-11/h3-7H,1-2H3,(H,17,18). The monoisotopic (exact) mass is 261 g/mol. The predicted molar refractivity (Wildman–Crippen MR) is 70.9 cm³/mol. The fourth-order valence-corrected chi connectivity index (χ4v) is 2.05. The molecule has 1 N–H and O–H groups in total. The van der Waals surface area contributed by atoms with Gasteiger partial charge in [0.2, 0.25) is 0 Å². The van der Waals surface area contributed by atoms with E-state index in [4.69, 9.17) is 11.6 Å². The van der Waals surface area contributed by atoms with Crippen LogP contribution in [0.1, 0.15) is 21.6 Å². The molecule has 4 nitrogen and oxygen atoms in total. The molecule has 0 atom stereocenters. The molecule has 2 rings (SSSR count). The first-order valence-corrected chi connectivity index (χ1v) is 5.80. The number of carbonyl (C=O) groups is 1. The number of nitrogens with zero attached hydrogens (tertiary/aromatic N) is 2. The molecule has 0 radical (unpaired) electrons. The highest BCUT2D eigenvalue weighted by atomic mass is 35.5. The van der Waals surface area contributed by atoms with E-state index < -0.39 is 0 Å². The molecule has 0 aliphatic carbocycles. The zero-order valence-electron chi connectivity index (χ0n) is 10.1. The van der Waals surface area contributed by atoms with Crippen molar-refractivity contribution in [1.82, 2.24) is 9.97 Å². The van der Waals surface area contributed by atoms with Gasteiger partial charge in [0.15, 0.2) is 0 Å². The van der Waals surface area contributed by atoms with Gasteiger partial charge in [-0.15, -0.1) is 0 Å². The van der Waals surface area contributed by atoms with E-state index >= 15 is 0 Å². The molecule has 92 valence electrons. The average Bonchev–Trinajstić information content (AvgIpc) is 2.34. The van der Waals surface area contributed by atoms with Crippen LogP contribution in [0.2, 0.25) is 5.02 Å². The van der Waals surface area contributed by atoms with Crippen LogP contribution in [0, 0.1) is 13.8 Å². The highest BCUT2D eigenvalue weighted by molar-refractivity contribution is 6.34. The van der Waals surface area contributed by atoms with Crippen molar-refractivity contribution in [2.24, 2.45) is 0 Å². The Kier molecular flexibility index (Phi) is 3.58. The fraction of sp³-hybridized carbons (Fsp3) is 0.154. The minimum absolute atomic E-state index is 0.300. The van der Waals surface area contributed by atoms with Crippen LogP contribution >= 0.6 is 11.6 Å². The number of hydrogen-bond acceptors (Lipinski definition) is 3. The minimum Gasteiger partial charge on any atom is -0.319 e. The number of anilines is 1. The third kappa shape index (κ3) is 2.65. The van der Waals surface area contributed by atoms with Crippen LogP contribution in [-0.2, 0) is 0 Å². The number of hydrogen-bond donors (Lipinski definition) is 1. The van der Waals surface area contributed by atoms with Gasteiger partial charge in [-0.2, -0.15) is 0 Å². The summed E-state index contributed by atoms with van der Waals surface area (Å²) in [5.74, 6) is -0.300. The van der Waals surface area contributed by atoms with Crippen LogP contribution in [0.3, 0.4) is 0 Å². The van der Waals surface area contributed by atoms with Gasteiger partial charge in [0.25, 0.3) is 5.91 Å². The van der Waals surface area contributed by atoms with Crippen molar-refractivity contribution in [1.29, 1.82) is 0 Å². The van der Waals surface area contributed by atoms with Crippen LogP contribution in [0.15, 0.2) is 30.7 Å². The lowest BCUT2D eigenvalue weighted by molar-refractivity contribution is 0.102. The molecule has 0 aliphatic rings. The van der Waals surface area contributed by atoms with E-state index in [0.717, 1.165) is 11.1 Å². The van der Waals surface area contributed by atoms with Crippen molar-refractivity contribution < 1.29 is 4.79 Å². The minimum atomic E-state index is -0.300. The molecule has 0 saturated heterocycles. The van der Waals surface area contributed by atoms with Crippen molar-refractivity contribution in [2.45, 2.75) is 13.8 Å². The SMILES string of the molecule is Cc1cc(C)c(NC(=O)c2ccncn2)c(Cl)c1. The summed E-state index contributed by atoms with van der Waals surface area (Å²) >= 11 is 6.12. The second-order valence-electron chi connectivity index (χ2n) is 3.99. The van der Waals surface area contributed by atoms with E-state index in [1.807, 2.05) is 26.0 Å². The quantitative estimate of drug-likeness (QED) is 0.904. The van der Waals surface area contributed by atoms with Crippen LogP contribution in [0.25, 0.3) is 0 Å². The second-order valence-corrected chi connectivity index (χ2v) is 4.39. The smallest absolute Gasteiger partial charge is 0.274 e. The molecule has 1 aromatic carbocycles. The number of halogens is 1. The molecule has 0 saturated carbocycles. The Hall–Kier alpha value is -1.94. The van der Waals surface area contributed by atoms with Gasteiger partial charge >= 0.3 is 0 Å². The third-order valence-corrected chi connectivity index (χ3v) is 2.78. The number of carbonyl (C=O) groups excluding carboxylic acids is 1. The van der Waals surface area contributed by atoms with Crippen molar-refractivity contribution in [3.8, 4) is 0 Å². The maximum atomic E-state index is 11.9. The summed E-state index contributed by atoms with van der Waals surface area (Å²) in [4.78, 5) is 19.6. The number of aryl methyl sites for hydroxylation is 2.